The molecule has 1 heterocycles. The van der Waals surface area contributed by atoms with Crippen LogP contribution in [0.15, 0.2) is 28.7 Å². The van der Waals surface area contributed by atoms with Crippen molar-refractivity contribution in [2.45, 2.75) is 13.0 Å². The van der Waals surface area contributed by atoms with Crippen LogP contribution in [0.5, 0.6) is 0 Å². The van der Waals surface area contributed by atoms with Gasteiger partial charge in [-0.25, -0.2) is 0 Å². The lowest BCUT2D eigenvalue weighted by Crippen LogP contribution is -2.36. The van der Waals surface area contributed by atoms with Crippen LogP contribution in [-0.4, -0.2) is 6.04 Å². The van der Waals surface area contributed by atoms with Gasteiger partial charge in [0.05, 0.1) is 0 Å². The van der Waals surface area contributed by atoms with Gasteiger partial charge in [0, 0.05) is 16.6 Å². The van der Waals surface area contributed by atoms with Gasteiger partial charge < -0.3 is 10.2 Å². The van der Waals surface area contributed by atoms with Crippen LogP contribution in [-0.2, 0) is 0 Å². The van der Waals surface area contributed by atoms with Crippen LogP contribution in [0, 0.1) is 5.92 Å². The van der Waals surface area contributed by atoms with Crippen LogP contribution < -0.4 is 16.4 Å². The molecule has 2 nitrogen and oxygen atoms in total. The van der Waals surface area contributed by atoms with Crippen LogP contribution in [0.2, 0.25) is 0 Å². The molecule has 2 aromatic rings. The fourth-order valence-corrected chi connectivity index (χ4v) is 2.07. The van der Waals surface area contributed by atoms with E-state index in [0.717, 1.165) is 21.6 Å². The van der Waals surface area contributed by atoms with E-state index < -0.39 is 0 Å². The lowest BCUT2D eigenvalue weighted by atomic mass is 9.97. The molecular weight excluding hydrogens is 186 g/mol. The SMILES string of the molecule is CC1C=c2oc3ccccc3c2=CC1N. The fraction of sp³-hybridized carbons (Fsp3) is 0.231. The minimum atomic E-state index is 0.0958. The summed E-state index contributed by atoms with van der Waals surface area (Å²) in [7, 11) is 0. The van der Waals surface area contributed by atoms with E-state index in [0.29, 0.717) is 5.92 Å². The normalized spacial score (nSPS) is 24.4. The van der Waals surface area contributed by atoms with Gasteiger partial charge in [-0.3, -0.25) is 0 Å². The summed E-state index contributed by atoms with van der Waals surface area (Å²) in [6.07, 6.45) is 4.21. The second-order valence-electron chi connectivity index (χ2n) is 4.15. The summed E-state index contributed by atoms with van der Waals surface area (Å²) < 4.78 is 5.77. The summed E-state index contributed by atoms with van der Waals surface area (Å²) in [6.45, 7) is 2.11. The molecule has 0 bridgehead atoms. The number of rotatable bonds is 0. The Labute approximate surface area is 87.7 Å². The molecule has 0 fully saturated rings. The van der Waals surface area contributed by atoms with Crippen molar-refractivity contribution in [1.82, 2.24) is 0 Å². The molecule has 1 aromatic heterocycles. The lowest BCUT2D eigenvalue weighted by molar-refractivity contribution is 0.557. The van der Waals surface area contributed by atoms with Crippen molar-refractivity contribution in [1.29, 1.82) is 0 Å². The summed E-state index contributed by atoms with van der Waals surface area (Å²) in [4.78, 5) is 0. The van der Waals surface area contributed by atoms with Crippen molar-refractivity contribution in [2.75, 3.05) is 0 Å². The summed E-state index contributed by atoms with van der Waals surface area (Å²) >= 11 is 0. The standard InChI is InChI=1S/C13H13NO/c1-8-6-13-10(7-11(8)14)9-4-2-3-5-12(9)15-13/h2-8,11H,14H2,1H3. The van der Waals surface area contributed by atoms with Crippen molar-refractivity contribution >= 4 is 23.1 Å². The third-order valence-corrected chi connectivity index (χ3v) is 3.04. The zero-order valence-corrected chi connectivity index (χ0v) is 8.60. The smallest absolute Gasteiger partial charge is 0.135 e. The maximum atomic E-state index is 6.01. The molecule has 76 valence electrons. The maximum absolute atomic E-state index is 6.01. The van der Waals surface area contributed by atoms with E-state index in [1.165, 1.54) is 0 Å². The second kappa shape index (κ2) is 2.97. The van der Waals surface area contributed by atoms with Gasteiger partial charge in [0.15, 0.2) is 0 Å². The van der Waals surface area contributed by atoms with Gasteiger partial charge in [0.1, 0.15) is 11.0 Å². The van der Waals surface area contributed by atoms with E-state index in [1.807, 2.05) is 18.2 Å². The molecule has 2 heteroatoms. The van der Waals surface area contributed by atoms with Crippen LogP contribution in [0.25, 0.3) is 23.1 Å². The monoisotopic (exact) mass is 199 g/mol. The Balaban J connectivity index is 2.49. The highest BCUT2D eigenvalue weighted by atomic mass is 16.3. The molecule has 2 N–H and O–H groups in total. The Morgan fingerprint density at radius 3 is 2.87 bits per heavy atom. The fourth-order valence-electron chi connectivity index (χ4n) is 2.07. The van der Waals surface area contributed by atoms with Crippen molar-refractivity contribution in [3.8, 4) is 0 Å². The number of fused-ring (bicyclic) bond motifs is 3. The Bertz CT molecular complexity index is 624. The first-order valence-corrected chi connectivity index (χ1v) is 5.22. The van der Waals surface area contributed by atoms with Crippen LogP contribution in [0.3, 0.4) is 0 Å². The molecule has 0 saturated heterocycles. The molecule has 1 aromatic carbocycles. The van der Waals surface area contributed by atoms with Crippen molar-refractivity contribution in [3.63, 3.8) is 0 Å². The van der Waals surface area contributed by atoms with E-state index in [2.05, 4.69) is 25.1 Å². The van der Waals surface area contributed by atoms with E-state index >= 15 is 0 Å². The van der Waals surface area contributed by atoms with E-state index in [4.69, 9.17) is 10.2 Å². The third-order valence-electron chi connectivity index (χ3n) is 3.04. The predicted molar refractivity (Wildman–Crippen MR) is 61.5 cm³/mol. The van der Waals surface area contributed by atoms with E-state index in [1.54, 1.807) is 0 Å². The van der Waals surface area contributed by atoms with Crippen molar-refractivity contribution in [3.05, 3.63) is 34.9 Å². The first kappa shape index (κ1) is 8.74. The molecule has 15 heavy (non-hydrogen) atoms. The van der Waals surface area contributed by atoms with Gasteiger partial charge >= 0.3 is 0 Å². The maximum Gasteiger partial charge on any atom is 0.135 e. The Hall–Kier alpha value is -1.54. The Kier molecular flexibility index (Phi) is 1.73. The molecular formula is C13H13NO. The number of para-hydroxylation sites is 1. The minimum absolute atomic E-state index is 0.0958. The summed E-state index contributed by atoms with van der Waals surface area (Å²) in [5.41, 5.74) is 7.92. The summed E-state index contributed by atoms with van der Waals surface area (Å²) in [5.74, 6) is 0.345. The largest absolute Gasteiger partial charge is 0.456 e. The number of hydrogen-bond donors (Lipinski definition) is 1. The highest BCUT2D eigenvalue weighted by Crippen LogP contribution is 2.12. The first-order valence-electron chi connectivity index (χ1n) is 5.22. The Morgan fingerprint density at radius 2 is 2.00 bits per heavy atom. The highest BCUT2D eigenvalue weighted by molar-refractivity contribution is 5.79. The summed E-state index contributed by atoms with van der Waals surface area (Å²) in [5, 5.41) is 2.31. The molecule has 0 radical (unpaired) electrons. The predicted octanol–water partition coefficient (Wildman–Crippen LogP) is 0.971. The Morgan fingerprint density at radius 1 is 1.20 bits per heavy atom. The molecule has 0 aliphatic heterocycles. The zero-order valence-electron chi connectivity index (χ0n) is 8.60. The molecule has 3 rings (SSSR count). The van der Waals surface area contributed by atoms with Crippen molar-refractivity contribution < 1.29 is 4.42 Å². The first-order chi connectivity index (χ1) is 7.25. The number of furan rings is 1. The molecule has 0 saturated carbocycles. The number of benzene rings is 1. The quantitative estimate of drug-likeness (QED) is 0.686. The number of nitrogens with two attached hydrogens (primary N) is 1. The molecule has 0 amide bonds. The van der Waals surface area contributed by atoms with Gasteiger partial charge in [-0.05, 0) is 18.1 Å². The van der Waals surface area contributed by atoms with E-state index in [9.17, 15) is 0 Å². The average molecular weight is 199 g/mol. The zero-order chi connectivity index (χ0) is 10.4. The topological polar surface area (TPSA) is 39.2 Å². The highest BCUT2D eigenvalue weighted by Gasteiger charge is 2.14. The van der Waals surface area contributed by atoms with Gasteiger partial charge in [0.2, 0.25) is 0 Å². The third kappa shape index (κ3) is 1.22. The second-order valence-corrected chi connectivity index (χ2v) is 4.15. The van der Waals surface area contributed by atoms with Gasteiger partial charge in [0.25, 0.3) is 0 Å². The summed E-state index contributed by atoms with van der Waals surface area (Å²) in [6, 6.07) is 8.17. The van der Waals surface area contributed by atoms with Crippen LogP contribution in [0.4, 0.5) is 0 Å². The molecule has 1 aliphatic rings. The van der Waals surface area contributed by atoms with Crippen LogP contribution in [0.1, 0.15) is 6.92 Å². The average Bonchev–Trinajstić information content (AvgIpc) is 2.57. The molecule has 0 spiro atoms. The van der Waals surface area contributed by atoms with Gasteiger partial charge in [-0.15, -0.1) is 0 Å². The van der Waals surface area contributed by atoms with Gasteiger partial charge in [-0.2, -0.15) is 0 Å². The number of hydrogen-bond acceptors (Lipinski definition) is 2. The minimum Gasteiger partial charge on any atom is -0.456 e. The van der Waals surface area contributed by atoms with E-state index in [-0.39, 0.29) is 6.04 Å². The van der Waals surface area contributed by atoms with Crippen molar-refractivity contribution in [2.24, 2.45) is 11.7 Å². The molecule has 2 unspecified atom stereocenters. The molecule has 1 aliphatic carbocycles. The van der Waals surface area contributed by atoms with Crippen LogP contribution >= 0.6 is 0 Å². The van der Waals surface area contributed by atoms with Gasteiger partial charge in [-0.1, -0.05) is 31.2 Å². The molecule has 2 atom stereocenters. The lowest BCUT2D eigenvalue weighted by Gasteiger charge is -2.13.